The molecule has 0 atom stereocenters. The van der Waals surface area contributed by atoms with Crippen LogP contribution in [0.15, 0.2) is 12.1 Å². The predicted molar refractivity (Wildman–Crippen MR) is 49.4 cm³/mol. The number of aromatic carboxylic acids is 3. The second-order valence-electron chi connectivity index (χ2n) is 3.33. The summed E-state index contributed by atoms with van der Waals surface area (Å²) in [5, 5.41) is 32.4. The van der Waals surface area contributed by atoms with Gasteiger partial charge in [0.25, 0.3) is 0 Å². The van der Waals surface area contributed by atoms with Crippen molar-refractivity contribution in [3.63, 3.8) is 0 Å². The molecule has 0 saturated carbocycles. The number of hydrogen-bond acceptors (Lipinski definition) is 7. The van der Waals surface area contributed by atoms with Crippen LogP contribution in [-0.4, -0.2) is 23.7 Å². The Morgan fingerprint density at radius 2 is 1.05 bits per heavy atom. The Kier molecular flexibility index (Phi) is 13.6. The molecule has 0 unspecified atom stereocenters. The first kappa shape index (κ1) is 26.2. The van der Waals surface area contributed by atoms with Crippen molar-refractivity contribution in [3.8, 4) is 0 Å². The van der Waals surface area contributed by atoms with Crippen LogP contribution < -0.4 is 104 Å². The zero-order valence-corrected chi connectivity index (χ0v) is 18.0. The van der Waals surface area contributed by atoms with E-state index in [2.05, 4.69) is 0 Å². The van der Waals surface area contributed by atoms with Gasteiger partial charge in [-0.05, 0) is 6.92 Å². The van der Waals surface area contributed by atoms with Crippen LogP contribution in [0.5, 0.6) is 0 Å². The molecule has 1 aromatic carbocycles. The summed E-state index contributed by atoms with van der Waals surface area (Å²) < 4.78 is 0. The third kappa shape index (κ3) is 6.13. The van der Waals surface area contributed by atoms with Gasteiger partial charge in [-0.15, -0.1) is 0 Å². The quantitative estimate of drug-likeness (QED) is 0.397. The fourth-order valence-electron chi connectivity index (χ4n) is 1.49. The standard InChI is InChI=1S/C11H8O7.3Na/c1-4(12)5-2-3-6(9(13)14)8(11(17)18)7(5)10(15)16;;;/h2-3H,1H3,(H,13,14)(H,15,16)(H,17,18);;;/q;3*+1/p-3. The normalized spacial score (nSPS) is 8.43. The molecule has 0 heterocycles. The number of hydrogen-bond donors (Lipinski definition) is 0. The predicted octanol–water partition coefficient (Wildman–Crippen LogP) is -12.0. The second kappa shape index (κ2) is 10.9. The number of Topliss-reactive ketones (excluding diaryl/α,β-unsaturated/α-hetero) is 1. The summed E-state index contributed by atoms with van der Waals surface area (Å²) >= 11 is 0. The van der Waals surface area contributed by atoms with Gasteiger partial charge in [-0.1, -0.05) is 12.1 Å². The van der Waals surface area contributed by atoms with E-state index < -0.39 is 45.9 Å². The summed E-state index contributed by atoms with van der Waals surface area (Å²) in [5.74, 6) is -6.67. The van der Waals surface area contributed by atoms with Crippen molar-refractivity contribution in [2.24, 2.45) is 0 Å². The SMILES string of the molecule is CC(=O)c1ccc(C(=O)[O-])c(C(=O)[O-])c1C(=O)[O-].[Na+].[Na+].[Na+]. The number of carbonyl (C=O) groups is 4. The molecule has 0 aliphatic rings. The first-order chi connectivity index (χ1) is 8.27. The molecule has 0 aliphatic heterocycles. The first-order valence-electron chi connectivity index (χ1n) is 4.59. The minimum absolute atomic E-state index is 0. The fourth-order valence-corrected chi connectivity index (χ4v) is 1.49. The molecule has 0 aliphatic carbocycles. The monoisotopic (exact) mass is 318 g/mol. The van der Waals surface area contributed by atoms with Crippen LogP contribution in [0.3, 0.4) is 0 Å². The molecule has 0 fully saturated rings. The molecular formula is C11H5Na3O7. The molecule has 1 aromatic rings. The van der Waals surface area contributed by atoms with E-state index in [9.17, 15) is 34.5 Å². The third-order valence-electron chi connectivity index (χ3n) is 2.21. The number of carboxylic acid groups (broad SMARTS) is 3. The molecule has 0 radical (unpaired) electrons. The van der Waals surface area contributed by atoms with Crippen molar-refractivity contribution in [1.82, 2.24) is 0 Å². The van der Waals surface area contributed by atoms with Crippen molar-refractivity contribution >= 4 is 23.7 Å². The summed E-state index contributed by atoms with van der Waals surface area (Å²) in [6.45, 7) is 1.000. The Morgan fingerprint density at radius 3 is 1.33 bits per heavy atom. The van der Waals surface area contributed by atoms with Crippen molar-refractivity contribution in [2.75, 3.05) is 0 Å². The molecular weight excluding hydrogens is 313 g/mol. The third-order valence-corrected chi connectivity index (χ3v) is 2.21. The van der Waals surface area contributed by atoms with Crippen LogP contribution >= 0.6 is 0 Å². The minimum atomic E-state index is -2.04. The minimum Gasteiger partial charge on any atom is -0.545 e. The molecule has 1 rings (SSSR count). The molecule has 0 aromatic heterocycles. The van der Waals surface area contributed by atoms with Crippen molar-refractivity contribution in [2.45, 2.75) is 6.92 Å². The molecule has 0 N–H and O–H groups in total. The second-order valence-corrected chi connectivity index (χ2v) is 3.33. The summed E-state index contributed by atoms with van der Waals surface area (Å²) in [6, 6.07) is 1.65. The van der Waals surface area contributed by atoms with Gasteiger partial charge in [0, 0.05) is 22.3 Å². The Hall–Kier alpha value is 0.300. The van der Waals surface area contributed by atoms with Crippen LogP contribution in [0.4, 0.5) is 0 Å². The smallest absolute Gasteiger partial charge is 0.545 e. The molecule has 21 heavy (non-hydrogen) atoms. The Bertz CT molecular complexity index is 532. The number of carbonyl (C=O) groups excluding carboxylic acids is 4. The van der Waals surface area contributed by atoms with E-state index in [4.69, 9.17) is 0 Å². The molecule has 0 bridgehead atoms. The zero-order chi connectivity index (χ0) is 14.0. The van der Waals surface area contributed by atoms with Crippen LogP contribution in [-0.2, 0) is 0 Å². The first-order valence-corrected chi connectivity index (χ1v) is 4.59. The van der Waals surface area contributed by atoms with Gasteiger partial charge < -0.3 is 29.7 Å². The van der Waals surface area contributed by atoms with E-state index in [0.717, 1.165) is 19.1 Å². The van der Waals surface area contributed by atoms with Gasteiger partial charge in [0.15, 0.2) is 5.78 Å². The van der Waals surface area contributed by atoms with E-state index in [1.54, 1.807) is 0 Å². The number of ketones is 1. The maximum absolute atomic E-state index is 11.2. The largest absolute Gasteiger partial charge is 1.00 e. The maximum Gasteiger partial charge on any atom is 1.00 e. The van der Waals surface area contributed by atoms with E-state index in [0.29, 0.717) is 0 Å². The number of rotatable bonds is 4. The van der Waals surface area contributed by atoms with E-state index >= 15 is 0 Å². The molecule has 0 saturated heterocycles. The molecule has 10 heteroatoms. The van der Waals surface area contributed by atoms with Crippen LogP contribution in [0.1, 0.15) is 48.4 Å². The van der Waals surface area contributed by atoms with Crippen molar-refractivity contribution < 1.29 is 123 Å². The average Bonchev–Trinajstić information content (AvgIpc) is 2.26. The topological polar surface area (TPSA) is 137 Å². The van der Waals surface area contributed by atoms with Gasteiger partial charge in [0.05, 0.1) is 17.9 Å². The van der Waals surface area contributed by atoms with Gasteiger partial charge in [-0.2, -0.15) is 0 Å². The van der Waals surface area contributed by atoms with E-state index in [-0.39, 0.29) is 88.7 Å². The number of benzene rings is 1. The average molecular weight is 318 g/mol. The molecule has 7 nitrogen and oxygen atoms in total. The maximum atomic E-state index is 11.2. The fraction of sp³-hybridized carbons (Fsp3) is 0.0909. The van der Waals surface area contributed by atoms with Crippen LogP contribution in [0.2, 0.25) is 0 Å². The van der Waals surface area contributed by atoms with Gasteiger partial charge in [0.2, 0.25) is 0 Å². The van der Waals surface area contributed by atoms with Gasteiger partial charge in [-0.3, -0.25) is 4.79 Å². The van der Waals surface area contributed by atoms with Crippen LogP contribution in [0.25, 0.3) is 0 Å². The van der Waals surface area contributed by atoms with Gasteiger partial charge in [-0.25, -0.2) is 0 Å². The molecule has 0 amide bonds. The summed E-state index contributed by atoms with van der Waals surface area (Å²) in [6.07, 6.45) is 0. The van der Waals surface area contributed by atoms with Gasteiger partial charge in [0.1, 0.15) is 0 Å². The number of carboxylic acids is 3. The summed E-state index contributed by atoms with van der Waals surface area (Å²) in [4.78, 5) is 43.5. The molecule has 94 valence electrons. The molecule has 0 spiro atoms. The Balaban J connectivity index is -0.00000108. The van der Waals surface area contributed by atoms with E-state index in [1.165, 1.54) is 0 Å². The zero-order valence-electron chi connectivity index (χ0n) is 12.0. The van der Waals surface area contributed by atoms with Crippen molar-refractivity contribution in [1.29, 1.82) is 0 Å². The Labute approximate surface area is 186 Å². The van der Waals surface area contributed by atoms with E-state index in [1.807, 2.05) is 0 Å². The van der Waals surface area contributed by atoms with Gasteiger partial charge >= 0.3 is 88.7 Å². The van der Waals surface area contributed by atoms with Crippen LogP contribution in [0, 0.1) is 0 Å². The van der Waals surface area contributed by atoms with Crippen molar-refractivity contribution in [3.05, 3.63) is 34.4 Å². The summed E-state index contributed by atoms with van der Waals surface area (Å²) in [5.41, 5.74) is -3.52. The Morgan fingerprint density at radius 1 is 0.714 bits per heavy atom. The summed E-state index contributed by atoms with van der Waals surface area (Å²) in [7, 11) is 0.